The van der Waals surface area contributed by atoms with Gasteiger partial charge in [-0.15, -0.1) is 6.42 Å². The Hall–Kier alpha value is -1.89. The molecule has 0 aliphatic carbocycles. The molecule has 0 amide bonds. The molecule has 0 heterocycles. The first-order valence-corrected chi connectivity index (χ1v) is 4.00. The van der Waals surface area contributed by atoms with Gasteiger partial charge in [0.25, 0.3) is 0 Å². The second-order valence-corrected chi connectivity index (χ2v) is 2.49. The summed E-state index contributed by atoms with van der Waals surface area (Å²) in [5.74, 6) is 10.9. The van der Waals surface area contributed by atoms with Crippen LogP contribution >= 0.6 is 0 Å². The van der Waals surface area contributed by atoms with Crippen LogP contribution in [-0.2, 0) is 4.79 Å². The first kappa shape index (κ1) is 12.1. The number of hydrogen-bond donors (Lipinski definition) is 2. The molecule has 3 nitrogen and oxygen atoms in total. The fraction of sp³-hybridized carbons (Fsp3) is 0.364. The maximum Gasteiger partial charge on any atom is 0.303 e. The largest absolute Gasteiger partial charge is 0.481 e. The SMILES string of the molecule is C#CC#CC#CCC(O)CCC(=O)O. The van der Waals surface area contributed by atoms with Gasteiger partial charge in [-0.05, 0) is 30.1 Å². The fourth-order valence-corrected chi connectivity index (χ4v) is 0.673. The van der Waals surface area contributed by atoms with Crippen LogP contribution in [-0.4, -0.2) is 22.3 Å². The molecule has 1 unspecified atom stereocenters. The second kappa shape index (κ2) is 7.74. The molecule has 0 aliphatic heterocycles. The van der Waals surface area contributed by atoms with Crippen molar-refractivity contribution in [3.63, 3.8) is 0 Å². The lowest BCUT2D eigenvalue weighted by Crippen LogP contribution is -2.08. The molecule has 2 N–H and O–H groups in total. The summed E-state index contributed by atoms with van der Waals surface area (Å²) in [4.78, 5) is 10.1. The summed E-state index contributed by atoms with van der Waals surface area (Å²) in [6.45, 7) is 0. The number of aliphatic hydroxyl groups is 1. The highest BCUT2D eigenvalue weighted by molar-refractivity contribution is 5.66. The minimum atomic E-state index is -0.927. The molecule has 0 spiro atoms. The molecule has 0 aromatic rings. The van der Waals surface area contributed by atoms with Crippen molar-refractivity contribution in [1.29, 1.82) is 0 Å². The first-order chi connectivity index (χ1) is 6.66. The van der Waals surface area contributed by atoms with Crippen molar-refractivity contribution in [1.82, 2.24) is 0 Å². The summed E-state index contributed by atoms with van der Waals surface area (Å²) in [5, 5.41) is 17.5. The van der Waals surface area contributed by atoms with Crippen molar-refractivity contribution in [2.75, 3.05) is 0 Å². The second-order valence-electron chi connectivity index (χ2n) is 2.49. The standard InChI is InChI=1S/C11H10O3/c1-2-3-4-5-6-7-10(12)8-9-11(13)14/h1,10,12H,7-9H2,(H,13,14). The summed E-state index contributed by atoms with van der Waals surface area (Å²) >= 11 is 0. The lowest BCUT2D eigenvalue weighted by molar-refractivity contribution is -0.137. The average molecular weight is 190 g/mol. The highest BCUT2D eigenvalue weighted by Gasteiger charge is 2.04. The van der Waals surface area contributed by atoms with Gasteiger partial charge in [-0.2, -0.15) is 0 Å². The van der Waals surface area contributed by atoms with E-state index in [4.69, 9.17) is 11.5 Å². The number of carbonyl (C=O) groups is 1. The molecular weight excluding hydrogens is 180 g/mol. The molecule has 0 aromatic heterocycles. The highest BCUT2D eigenvalue weighted by Crippen LogP contribution is 2.00. The Kier molecular flexibility index (Phi) is 6.70. The summed E-state index contributed by atoms with van der Waals surface area (Å²) in [6, 6.07) is 0. The maximum absolute atomic E-state index is 10.1. The van der Waals surface area contributed by atoms with E-state index in [9.17, 15) is 9.90 Å². The van der Waals surface area contributed by atoms with Gasteiger partial charge in [-0.1, -0.05) is 5.92 Å². The van der Waals surface area contributed by atoms with E-state index in [1.54, 1.807) is 0 Å². The predicted octanol–water partition coefficient (Wildman–Crippen LogP) is 0.242. The van der Waals surface area contributed by atoms with Crippen LogP contribution in [0.2, 0.25) is 0 Å². The lowest BCUT2D eigenvalue weighted by Gasteiger charge is -2.02. The van der Waals surface area contributed by atoms with Crippen LogP contribution in [0, 0.1) is 36.0 Å². The van der Waals surface area contributed by atoms with E-state index in [2.05, 4.69) is 29.6 Å². The van der Waals surface area contributed by atoms with Gasteiger partial charge in [0.05, 0.1) is 6.10 Å². The number of aliphatic hydroxyl groups excluding tert-OH is 1. The number of terminal acetylenes is 1. The van der Waals surface area contributed by atoms with Crippen LogP contribution in [0.1, 0.15) is 19.3 Å². The van der Waals surface area contributed by atoms with Crippen molar-refractivity contribution >= 4 is 5.97 Å². The third-order valence-electron chi connectivity index (χ3n) is 1.31. The van der Waals surface area contributed by atoms with Crippen molar-refractivity contribution in [3.8, 4) is 36.0 Å². The maximum atomic E-state index is 10.1. The Labute approximate surface area is 83.1 Å². The van der Waals surface area contributed by atoms with Gasteiger partial charge in [0.15, 0.2) is 0 Å². The summed E-state index contributed by atoms with van der Waals surface area (Å²) in [5.41, 5.74) is 0. The van der Waals surface area contributed by atoms with Gasteiger partial charge in [-0.25, -0.2) is 0 Å². The number of aliphatic carboxylic acids is 1. The van der Waals surface area contributed by atoms with Gasteiger partial charge in [0, 0.05) is 12.8 Å². The minimum Gasteiger partial charge on any atom is -0.481 e. The van der Waals surface area contributed by atoms with E-state index < -0.39 is 12.1 Å². The topological polar surface area (TPSA) is 57.5 Å². The predicted molar refractivity (Wildman–Crippen MR) is 51.9 cm³/mol. The van der Waals surface area contributed by atoms with Gasteiger partial charge in [-0.3, -0.25) is 4.79 Å². The van der Waals surface area contributed by atoms with Crippen LogP contribution in [0.3, 0.4) is 0 Å². The average Bonchev–Trinajstić information content (AvgIpc) is 2.14. The summed E-state index contributed by atoms with van der Waals surface area (Å²) in [7, 11) is 0. The molecule has 0 radical (unpaired) electrons. The molecule has 0 fully saturated rings. The van der Waals surface area contributed by atoms with Crippen LogP contribution in [0.5, 0.6) is 0 Å². The molecule has 3 heteroatoms. The van der Waals surface area contributed by atoms with Crippen LogP contribution in [0.25, 0.3) is 0 Å². The van der Waals surface area contributed by atoms with Gasteiger partial charge >= 0.3 is 5.97 Å². The number of hydrogen-bond acceptors (Lipinski definition) is 2. The van der Waals surface area contributed by atoms with Crippen molar-refractivity contribution in [2.24, 2.45) is 0 Å². The van der Waals surface area contributed by atoms with Crippen LogP contribution < -0.4 is 0 Å². The first-order valence-electron chi connectivity index (χ1n) is 4.00. The normalized spacial score (nSPS) is 9.71. The zero-order chi connectivity index (χ0) is 10.8. The van der Waals surface area contributed by atoms with E-state index in [0.29, 0.717) is 0 Å². The molecule has 0 bridgehead atoms. The fourth-order valence-electron chi connectivity index (χ4n) is 0.673. The van der Waals surface area contributed by atoms with E-state index in [1.807, 2.05) is 0 Å². The van der Waals surface area contributed by atoms with Crippen LogP contribution in [0.4, 0.5) is 0 Å². The molecule has 72 valence electrons. The molecule has 0 aliphatic rings. The lowest BCUT2D eigenvalue weighted by atomic mass is 10.1. The molecule has 0 rings (SSSR count). The van der Waals surface area contributed by atoms with Crippen molar-refractivity contribution in [3.05, 3.63) is 0 Å². The number of carboxylic acids is 1. The number of carboxylic acid groups (broad SMARTS) is 1. The number of rotatable bonds is 4. The Morgan fingerprint density at radius 1 is 1.36 bits per heavy atom. The van der Waals surface area contributed by atoms with Crippen molar-refractivity contribution < 1.29 is 15.0 Å². The van der Waals surface area contributed by atoms with Crippen molar-refractivity contribution in [2.45, 2.75) is 25.4 Å². The van der Waals surface area contributed by atoms with Gasteiger partial charge in [0.1, 0.15) is 0 Å². The summed E-state index contributed by atoms with van der Waals surface area (Å²) in [6.07, 6.45) is 4.49. The monoisotopic (exact) mass is 190 g/mol. The Morgan fingerprint density at radius 2 is 2.07 bits per heavy atom. The third kappa shape index (κ3) is 8.21. The minimum absolute atomic E-state index is 0.0567. The molecule has 0 saturated carbocycles. The molecular formula is C11H10O3. The van der Waals surface area contributed by atoms with E-state index in [1.165, 1.54) is 0 Å². The van der Waals surface area contributed by atoms with Gasteiger partial charge < -0.3 is 10.2 Å². The van der Waals surface area contributed by atoms with Gasteiger partial charge in [0.2, 0.25) is 0 Å². The van der Waals surface area contributed by atoms with Crippen LogP contribution in [0.15, 0.2) is 0 Å². The zero-order valence-corrected chi connectivity index (χ0v) is 7.58. The zero-order valence-electron chi connectivity index (χ0n) is 7.58. The summed E-state index contributed by atoms with van der Waals surface area (Å²) < 4.78 is 0. The van der Waals surface area contributed by atoms with E-state index in [0.717, 1.165) is 0 Å². The quantitative estimate of drug-likeness (QED) is 0.624. The highest BCUT2D eigenvalue weighted by atomic mass is 16.4. The molecule has 0 saturated heterocycles. The molecule has 14 heavy (non-hydrogen) atoms. The third-order valence-corrected chi connectivity index (χ3v) is 1.31. The Morgan fingerprint density at radius 3 is 2.64 bits per heavy atom. The molecule has 0 aromatic carbocycles. The Balaban J connectivity index is 3.72. The smallest absolute Gasteiger partial charge is 0.303 e. The van der Waals surface area contributed by atoms with E-state index >= 15 is 0 Å². The Bertz CT molecular complexity index is 341. The molecule has 1 atom stereocenters. The van der Waals surface area contributed by atoms with E-state index in [-0.39, 0.29) is 19.3 Å².